The minimum absolute atomic E-state index is 0.132. The van der Waals surface area contributed by atoms with Gasteiger partial charge in [-0.15, -0.1) is 0 Å². The predicted octanol–water partition coefficient (Wildman–Crippen LogP) is 2.62. The Morgan fingerprint density at radius 1 is 1.55 bits per heavy atom. The Morgan fingerprint density at radius 3 is 2.90 bits per heavy atom. The van der Waals surface area contributed by atoms with E-state index >= 15 is 0 Å². The number of ether oxygens (including phenoxy) is 1. The molecular weight excluding hydrogens is 252 g/mol. The molecule has 1 aliphatic rings. The third-order valence-corrected chi connectivity index (χ3v) is 3.93. The van der Waals surface area contributed by atoms with E-state index in [2.05, 4.69) is 16.4 Å². The van der Waals surface area contributed by atoms with Crippen LogP contribution >= 0.6 is 0 Å². The average Bonchev–Trinajstić information content (AvgIpc) is 3.00. The van der Waals surface area contributed by atoms with Crippen molar-refractivity contribution in [3.05, 3.63) is 23.5 Å². The number of aryl methyl sites for hydroxylation is 1. The van der Waals surface area contributed by atoms with Crippen molar-refractivity contribution in [3.63, 3.8) is 0 Å². The molecule has 4 nitrogen and oxygen atoms in total. The number of carbonyl (C=O) groups is 1. The van der Waals surface area contributed by atoms with Gasteiger partial charge in [0, 0.05) is 44.2 Å². The van der Waals surface area contributed by atoms with E-state index in [4.69, 9.17) is 4.74 Å². The topological polar surface area (TPSA) is 34.5 Å². The molecule has 0 aromatic carbocycles. The van der Waals surface area contributed by atoms with Gasteiger partial charge in [-0.05, 0) is 38.8 Å². The van der Waals surface area contributed by atoms with Gasteiger partial charge in [0.1, 0.15) is 0 Å². The van der Waals surface area contributed by atoms with Crippen LogP contribution < -0.4 is 0 Å². The van der Waals surface area contributed by atoms with Crippen molar-refractivity contribution in [2.45, 2.75) is 45.8 Å². The normalized spacial score (nSPS) is 18.9. The summed E-state index contributed by atoms with van der Waals surface area (Å²) in [5.41, 5.74) is 2.00. The Kier molecular flexibility index (Phi) is 5.38. The van der Waals surface area contributed by atoms with E-state index < -0.39 is 0 Å². The summed E-state index contributed by atoms with van der Waals surface area (Å²) < 4.78 is 7.80. The number of hydrogen-bond acceptors (Lipinski definition) is 3. The number of carbonyl (C=O) groups excluding carboxylic acids is 1. The maximum atomic E-state index is 11.5. The van der Waals surface area contributed by atoms with Crippen LogP contribution in [0.5, 0.6) is 0 Å². The van der Waals surface area contributed by atoms with Crippen LogP contribution in [0.1, 0.15) is 49.2 Å². The second-order valence-electron chi connectivity index (χ2n) is 5.76. The summed E-state index contributed by atoms with van der Waals surface area (Å²) >= 11 is 0. The molecule has 112 valence electrons. The van der Waals surface area contributed by atoms with Gasteiger partial charge >= 0.3 is 0 Å². The van der Waals surface area contributed by atoms with Gasteiger partial charge < -0.3 is 9.30 Å². The molecule has 4 heteroatoms. The molecule has 1 aliphatic heterocycles. The molecule has 0 bridgehead atoms. The summed E-state index contributed by atoms with van der Waals surface area (Å²) in [6.07, 6.45) is 5.80. The Bertz CT molecular complexity index is 447. The van der Waals surface area contributed by atoms with E-state index in [0.29, 0.717) is 6.10 Å². The fourth-order valence-electron chi connectivity index (χ4n) is 2.82. The average molecular weight is 278 g/mol. The first-order chi connectivity index (χ1) is 9.60. The highest BCUT2D eigenvalue weighted by atomic mass is 16.5. The molecular formula is C16H26N2O2. The lowest BCUT2D eigenvalue weighted by atomic mass is 10.2. The molecule has 1 saturated heterocycles. The van der Waals surface area contributed by atoms with Crippen molar-refractivity contribution >= 4 is 5.78 Å². The van der Waals surface area contributed by atoms with Gasteiger partial charge in [0.25, 0.3) is 0 Å². The zero-order valence-corrected chi connectivity index (χ0v) is 12.9. The molecule has 1 fully saturated rings. The van der Waals surface area contributed by atoms with Crippen LogP contribution in [0.4, 0.5) is 0 Å². The summed E-state index contributed by atoms with van der Waals surface area (Å²) in [6.45, 7) is 7.68. The second kappa shape index (κ2) is 7.04. The van der Waals surface area contributed by atoms with Gasteiger partial charge in [0.2, 0.25) is 0 Å². The van der Waals surface area contributed by atoms with Crippen LogP contribution in [-0.4, -0.2) is 41.1 Å². The molecule has 1 aromatic rings. The van der Waals surface area contributed by atoms with Crippen LogP contribution in [0, 0.1) is 0 Å². The van der Waals surface area contributed by atoms with Gasteiger partial charge in [0.15, 0.2) is 5.78 Å². The Morgan fingerprint density at radius 2 is 2.35 bits per heavy atom. The molecule has 1 atom stereocenters. The fourth-order valence-corrected chi connectivity index (χ4v) is 2.82. The SMILES string of the molecule is CCCN(Cc1cc(C(C)=O)cn1C)CC1CCCO1. The van der Waals surface area contributed by atoms with E-state index in [9.17, 15) is 4.79 Å². The molecule has 2 rings (SSSR count). The van der Waals surface area contributed by atoms with Crippen molar-refractivity contribution < 1.29 is 9.53 Å². The quantitative estimate of drug-likeness (QED) is 0.719. The van der Waals surface area contributed by atoms with Crippen molar-refractivity contribution in [2.24, 2.45) is 7.05 Å². The van der Waals surface area contributed by atoms with Gasteiger partial charge in [-0.25, -0.2) is 0 Å². The Balaban J connectivity index is 2.00. The molecule has 1 unspecified atom stereocenters. The lowest BCUT2D eigenvalue weighted by molar-refractivity contribution is 0.0699. The first kappa shape index (κ1) is 15.3. The summed E-state index contributed by atoms with van der Waals surface area (Å²) in [5.74, 6) is 0.132. The zero-order valence-electron chi connectivity index (χ0n) is 12.9. The first-order valence-electron chi connectivity index (χ1n) is 7.60. The lowest BCUT2D eigenvalue weighted by Crippen LogP contribution is -2.33. The Labute approximate surface area is 121 Å². The third kappa shape index (κ3) is 3.93. The summed E-state index contributed by atoms with van der Waals surface area (Å²) in [4.78, 5) is 13.9. The monoisotopic (exact) mass is 278 g/mol. The lowest BCUT2D eigenvalue weighted by Gasteiger charge is -2.24. The third-order valence-electron chi connectivity index (χ3n) is 3.93. The maximum Gasteiger partial charge on any atom is 0.161 e. The molecule has 0 aliphatic carbocycles. The number of nitrogens with zero attached hydrogens (tertiary/aromatic N) is 2. The highest BCUT2D eigenvalue weighted by Crippen LogP contribution is 2.16. The van der Waals surface area contributed by atoms with Crippen molar-refractivity contribution in [1.29, 1.82) is 0 Å². The number of Topliss-reactive ketones (excluding diaryl/α,β-unsaturated/α-hetero) is 1. The van der Waals surface area contributed by atoms with Crippen LogP contribution in [-0.2, 0) is 18.3 Å². The molecule has 2 heterocycles. The number of hydrogen-bond donors (Lipinski definition) is 0. The summed E-state index contributed by atoms with van der Waals surface area (Å²) in [7, 11) is 2.01. The number of ketones is 1. The first-order valence-corrected chi connectivity index (χ1v) is 7.60. The van der Waals surface area contributed by atoms with Crippen LogP contribution in [0.2, 0.25) is 0 Å². The zero-order chi connectivity index (χ0) is 14.5. The summed E-state index contributed by atoms with van der Waals surface area (Å²) in [5, 5.41) is 0. The van der Waals surface area contributed by atoms with E-state index in [-0.39, 0.29) is 5.78 Å². The van der Waals surface area contributed by atoms with E-state index in [1.807, 2.05) is 19.3 Å². The molecule has 0 radical (unpaired) electrons. The predicted molar refractivity (Wildman–Crippen MR) is 80.0 cm³/mol. The minimum atomic E-state index is 0.132. The van der Waals surface area contributed by atoms with Gasteiger partial charge in [-0.1, -0.05) is 6.92 Å². The molecule has 0 saturated carbocycles. The van der Waals surface area contributed by atoms with Crippen molar-refractivity contribution in [2.75, 3.05) is 19.7 Å². The Hall–Kier alpha value is -1.13. The second-order valence-corrected chi connectivity index (χ2v) is 5.76. The molecule has 20 heavy (non-hydrogen) atoms. The maximum absolute atomic E-state index is 11.5. The van der Waals surface area contributed by atoms with Gasteiger partial charge in [-0.2, -0.15) is 0 Å². The highest BCUT2D eigenvalue weighted by molar-refractivity contribution is 5.94. The van der Waals surface area contributed by atoms with Crippen molar-refractivity contribution in [3.8, 4) is 0 Å². The summed E-state index contributed by atoms with van der Waals surface area (Å²) in [6, 6.07) is 2.01. The van der Waals surface area contributed by atoms with Crippen LogP contribution in [0.3, 0.4) is 0 Å². The van der Waals surface area contributed by atoms with E-state index in [0.717, 1.165) is 38.2 Å². The van der Waals surface area contributed by atoms with E-state index in [1.54, 1.807) is 6.92 Å². The molecule has 0 amide bonds. The highest BCUT2D eigenvalue weighted by Gasteiger charge is 2.20. The standard InChI is InChI=1S/C16H26N2O2/c1-4-7-18(12-16-6-5-8-20-16)11-15-9-14(13(2)19)10-17(15)3/h9-10,16H,4-8,11-12H2,1-3H3. The molecule has 0 N–H and O–H groups in total. The van der Waals surface area contributed by atoms with E-state index in [1.165, 1.54) is 18.5 Å². The molecule has 0 spiro atoms. The van der Waals surface area contributed by atoms with Gasteiger partial charge in [-0.3, -0.25) is 9.69 Å². The fraction of sp³-hybridized carbons (Fsp3) is 0.688. The van der Waals surface area contributed by atoms with Gasteiger partial charge in [0.05, 0.1) is 6.10 Å². The van der Waals surface area contributed by atoms with Crippen LogP contribution in [0.25, 0.3) is 0 Å². The van der Waals surface area contributed by atoms with Crippen LogP contribution in [0.15, 0.2) is 12.3 Å². The van der Waals surface area contributed by atoms with Crippen molar-refractivity contribution in [1.82, 2.24) is 9.47 Å². The number of rotatable bonds is 7. The smallest absolute Gasteiger partial charge is 0.161 e. The largest absolute Gasteiger partial charge is 0.377 e. The molecule has 1 aromatic heterocycles. The minimum Gasteiger partial charge on any atom is -0.377 e. The number of aromatic nitrogens is 1.